The Morgan fingerprint density at radius 1 is 1.07 bits per heavy atom. The minimum atomic E-state index is -1.44. The van der Waals surface area contributed by atoms with E-state index < -0.39 is 35.8 Å². The molecule has 3 unspecified atom stereocenters. The van der Waals surface area contributed by atoms with Crippen LogP contribution in [0, 0.1) is 6.92 Å². The van der Waals surface area contributed by atoms with E-state index >= 15 is 0 Å². The smallest absolute Gasteiger partial charge is 0.337 e. The number of benzene rings is 2. The molecule has 150 valence electrons. The Labute approximate surface area is 168 Å². The van der Waals surface area contributed by atoms with E-state index in [1.165, 1.54) is 18.9 Å². The lowest BCUT2D eigenvalue weighted by atomic mass is 9.99. The van der Waals surface area contributed by atoms with E-state index in [4.69, 9.17) is 14.2 Å². The van der Waals surface area contributed by atoms with Crippen LogP contribution in [0.15, 0.2) is 59.5 Å². The molecule has 3 rings (SSSR count). The maximum absolute atomic E-state index is 12.0. The fraction of sp³-hybridized carbons (Fsp3) is 0.381. The lowest BCUT2D eigenvalue weighted by Gasteiger charge is -2.41. The number of aliphatic hydroxyl groups excluding tert-OH is 2. The standard InChI is InChI=1S/C21H24O6S/c1-13-8-10-15(11-9-13)28-21-19(26-12-14-6-4-3-5-7-14)17(23)16(22)18(27-21)20(24)25-2/h3-11,16-19,21-23H,12H2,1-2H3/t16-,17?,18?,19?,21-/m0/s1. The molecule has 1 heterocycles. The van der Waals surface area contributed by atoms with Crippen LogP contribution in [0.4, 0.5) is 0 Å². The maximum Gasteiger partial charge on any atom is 0.337 e. The molecule has 2 aromatic rings. The van der Waals surface area contributed by atoms with Gasteiger partial charge >= 0.3 is 5.97 Å². The Kier molecular flexibility index (Phi) is 7.09. The number of esters is 1. The Hall–Kier alpha value is -1.90. The molecule has 0 aromatic heterocycles. The third-order valence-corrected chi connectivity index (χ3v) is 5.69. The van der Waals surface area contributed by atoms with E-state index in [2.05, 4.69) is 0 Å². The van der Waals surface area contributed by atoms with Crippen LogP contribution in [0.2, 0.25) is 0 Å². The van der Waals surface area contributed by atoms with Crippen molar-refractivity contribution in [1.29, 1.82) is 0 Å². The molecular weight excluding hydrogens is 380 g/mol. The number of ether oxygens (including phenoxy) is 3. The topological polar surface area (TPSA) is 85.2 Å². The second-order valence-electron chi connectivity index (χ2n) is 6.62. The van der Waals surface area contributed by atoms with Crippen molar-refractivity contribution in [2.45, 2.75) is 48.3 Å². The van der Waals surface area contributed by atoms with Crippen molar-refractivity contribution in [2.24, 2.45) is 0 Å². The van der Waals surface area contributed by atoms with Crippen molar-refractivity contribution in [3.63, 3.8) is 0 Å². The van der Waals surface area contributed by atoms with Gasteiger partial charge in [0.1, 0.15) is 23.7 Å². The summed E-state index contributed by atoms with van der Waals surface area (Å²) in [5, 5.41) is 21.0. The van der Waals surface area contributed by atoms with Gasteiger partial charge < -0.3 is 24.4 Å². The summed E-state index contributed by atoms with van der Waals surface area (Å²) in [6.45, 7) is 2.23. The predicted molar refractivity (Wildman–Crippen MR) is 105 cm³/mol. The molecule has 1 aliphatic heterocycles. The lowest BCUT2D eigenvalue weighted by molar-refractivity contribution is -0.222. The third kappa shape index (κ3) is 4.92. The molecule has 0 radical (unpaired) electrons. The van der Waals surface area contributed by atoms with Gasteiger partial charge in [-0.05, 0) is 24.6 Å². The quantitative estimate of drug-likeness (QED) is 0.715. The van der Waals surface area contributed by atoms with Crippen LogP contribution in [-0.2, 0) is 25.6 Å². The van der Waals surface area contributed by atoms with E-state index in [1.54, 1.807) is 0 Å². The number of methoxy groups -OCH3 is 1. The van der Waals surface area contributed by atoms with Gasteiger partial charge in [-0.2, -0.15) is 0 Å². The molecule has 1 saturated heterocycles. The van der Waals surface area contributed by atoms with Crippen molar-refractivity contribution in [1.82, 2.24) is 0 Å². The lowest BCUT2D eigenvalue weighted by Crippen LogP contribution is -2.59. The molecule has 0 bridgehead atoms. The zero-order valence-corrected chi connectivity index (χ0v) is 16.5. The van der Waals surface area contributed by atoms with Gasteiger partial charge in [0.25, 0.3) is 0 Å². The second kappa shape index (κ2) is 9.54. The van der Waals surface area contributed by atoms with Gasteiger partial charge in [-0.15, -0.1) is 0 Å². The van der Waals surface area contributed by atoms with E-state index in [0.717, 1.165) is 16.0 Å². The predicted octanol–water partition coefficient (Wildman–Crippen LogP) is 2.29. The van der Waals surface area contributed by atoms with Crippen molar-refractivity contribution in [2.75, 3.05) is 7.11 Å². The average Bonchev–Trinajstić information content (AvgIpc) is 2.72. The number of carbonyl (C=O) groups excluding carboxylic acids is 1. The Morgan fingerprint density at radius 3 is 2.39 bits per heavy atom. The number of aryl methyl sites for hydroxylation is 1. The van der Waals surface area contributed by atoms with Crippen LogP contribution in [0.3, 0.4) is 0 Å². The Balaban J connectivity index is 1.79. The fourth-order valence-corrected chi connectivity index (χ4v) is 4.05. The molecule has 2 aromatic carbocycles. The molecule has 0 amide bonds. The second-order valence-corrected chi connectivity index (χ2v) is 7.79. The summed E-state index contributed by atoms with van der Waals surface area (Å²) in [5.74, 6) is -0.734. The number of hydrogen-bond acceptors (Lipinski definition) is 7. The Morgan fingerprint density at radius 2 is 1.75 bits per heavy atom. The summed E-state index contributed by atoms with van der Waals surface area (Å²) in [6.07, 6.45) is -4.85. The molecule has 28 heavy (non-hydrogen) atoms. The van der Waals surface area contributed by atoms with E-state index in [-0.39, 0.29) is 6.61 Å². The van der Waals surface area contributed by atoms with E-state index in [1.807, 2.05) is 61.5 Å². The molecule has 7 heteroatoms. The van der Waals surface area contributed by atoms with E-state index in [0.29, 0.717) is 0 Å². The SMILES string of the molecule is COC(=O)C1O[C@@H](Sc2ccc(C)cc2)C(OCc2ccccc2)C(O)[C@@H]1O. The molecule has 0 aliphatic carbocycles. The van der Waals surface area contributed by atoms with Crippen LogP contribution in [0.1, 0.15) is 11.1 Å². The summed E-state index contributed by atoms with van der Waals surface area (Å²) < 4.78 is 16.4. The van der Waals surface area contributed by atoms with Gasteiger partial charge in [-0.3, -0.25) is 0 Å². The first kappa shape index (κ1) is 20.8. The summed E-state index contributed by atoms with van der Waals surface area (Å²) in [6, 6.07) is 17.3. The summed E-state index contributed by atoms with van der Waals surface area (Å²) >= 11 is 1.33. The number of thioether (sulfide) groups is 1. The van der Waals surface area contributed by atoms with Crippen LogP contribution in [0.5, 0.6) is 0 Å². The number of rotatable bonds is 6. The van der Waals surface area contributed by atoms with Crippen LogP contribution in [-0.4, -0.2) is 53.1 Å². The first-order valence-electron chi connectivity index (χ1n) is 8.98. The number of aliphatic hydroxyl groups is 2. The highest BCUT2D eigenvalue weighted by Gasteiger charge is 2.49. The summed E-state index contributed by atoms with van der Waals surface area (Å²) in [5.41, 5.74) is 1.35. The van der Waals surface area contributed by atoms with Gasteiger partial charge in [0.15, 0.2) is 6.10 Å². The molecule has 5 atom stereocenters. The molecule has 0 spiro atoms. The van der Waals surface area contributed by atoms with Crippen molar-refractivity contribution in [3.8, 4) is 0 Å². The fourth-order valence-electron chi connectivity index (χ4n) is 2.94. The van der Waals surface area contributed by atoms with Gasteiger partial charge in [-0.25, -0.2) is 4.79 Å². The largest absolute Gasteiger partial charge is 0.467 e. The highest BCUT2D eigenvalue weighted by molar-refractivity contribution is 7.99. The zero-order chi connectivity index (χ0) is 20.1. The van der Waals surface area contributed by atoms with Crippen molar-refractivity contribution in [3.05, 3.63) is 65.7 Å². The molecule has 1 fully saturated rings. The van der Waals surface area contributed by atoms with E-state index in [9.17, 15) is 15.0 Å². The third-order valence-electron chi connectivity index (χ3n) is 4.54. The van der Waals surface area contributed by atoms with Crippen LogP contribution >= 0.6 is 11.8 Å². The van der Waals surface area contributed by atoms with Crippen molar-refractivity contribution < 1.29 is 29.2 Å². The summed E-state index contributed by atoms with van der Waals surface area (Å²) in [4.78, 5) is 12.9. The van der Waals surface area contributed by atoms with Gasteiger partial charge in [0.2, 0.25) is 0 Å². The summed E-state index contributed by atoms with van der Waals surface area (Å²) in [7, 11) is 1.21. The van der Waals surface area contributed by atoms with Gasteiger partial charge in [-0.1, -0.05) is 59.8 Å². The highest BCUT2D eigenvalue weighted by Crippen LogP contribution is 2.35. The average molecular weight is 404 g/mol. The minimum Gasteiger partial charge on any atom is -0.467 e. The molecular formula is C21H24O6S. The minimum absolute atomic E-state index is 0.243. The number of carbonyl (C=O) groups is 1. The molecule has 2 N–H and O–H groups in total. The highest BCUT2D eigenvalue weighted by atomic mass is 32.2. The normalized spacial score (nSPS) is 27.4. The molecule has 0 saturated carbocycles. The molecule has 1 aliphatic rings. The molecule has 6 nitrogen and oxygen atoms in total. The van der Waals surface area contributed by atoms with Crippen LogP contribution in [0.25, 0.3) is 0 Å². The monoisotopic (exact) mass is 404 g/mol. The zero-order valence-electron chi connectivity index (χ0n) is 15.7. The Bertz CT molecular complexity index is 766. The van der Waals surface area contributed by atoms with Crippen LogP contribution < -0.4 is 0 Å². The first-order valence-corrected chi connectivity index (χ1v) is 9.86. The van der Waals surface area contributed by atoms with Gasteiger partial charge in [0.05, 0.1) is 13.7 Å². The van der Waals surface area contributed by atoms with Crippen molar-refractivity contribution >= 4 is 17.7 Å². The van der Waals surface area contributed by atoms with Gasteiger partial charge in [0, 0.05) is 4.90 Å². The number of hydrogen-bond donors (Lipinski definition) is 2. The maximum atomic E-state index is 12.0. The first-order chi connectivity index (χ1) is 13.5.